The maximum atomic E-state index is 13.0. The smallest absolute Gasteiger partial charge is 0.335 e. The van der Waals surface area contributed by atoms with Gasteiger partial charge in [0.05, 0.1) is 25.2 Å². The molecule has 1 aromatic heterocycles. The topological polar surface area (TPSA) is 129 Å². The van der Waals surface area contributed by atoms with Gasteiger partial charge in [0.1, 0.15) is 0 Å². The molecule has 0 aliphatic carbocycles. The summed E-state index contributed by atoms with van der Waals surface area (Å²) in [6, 6.07) is 7.19. The summed E-state index contributed by atoms with van der Waals surface area (Å²) >= 11 is 0. The number of sulfonamides is 1. The van der Waals surface area contributed by atoms with Crippen molar-refractivity contribution in [2.24, 2.45) is 0 Å². The van der Waals surface area contributed by atoms with E-state index in [-0.39, 0.29) is 16.7 Å². The summed E-state index contributed by atoms with van der Waals surface area (Å²) < 4.78 is 45.0. The number of aryl methyl sites for hydroxylation is 2. The Bertz CT molecular complexity index is 1040. The number of rotatable bonds is 15. The van der Waals surface area contributed by atoms with Crippen LogP contribution in [0.25, 0.3) is 0 Å². The van der Waals surface area contributed by atoms with E-state index in [1.54, 1.807) is 31.2 Å². The second-order valence-electron chi connectivity index (χ2n) is 7.72. The molecular formula is C23H35N4O6PS. The third-order valence-electron chi connectivity index (χ3n) is 4.78. The average Bonchev–Trinajstić information content (AvgIpc) is 2.81. The fourth-order valence-electron chi connectivity index (χ4n) is 2.98. The molecule has 2 amide bonds. The number of benzene rings is 1. The normalized spacial score (nSPS) is 11.5. The molecule has 2 N–H and O–H groups in total. The zero-order valence-electron chi connectivity index (χ0n) is 20.7. The summed E-state index contributed by atoms with van der Waals surface area (Å²) in [5, 5.41) is 2.34. The highest BCUT2D eigenvalue weighted by atomic mass is 32.2. The first-order chi connectivity index (χ1) is 16.8. The lowest BCUT2D eigenvalue weighted by Gasteiger charge is -2.18. The van der Waals surface area contributed by atoms with Crippen molar-refractivity contribution < 1.29 is 27.0 Å². The van der Waals surface area contributed by atoms with E-state index in [0.717, 1.165) is 25.7 Å². The van der Waals surface area contributed by atoms with Crippen LogP contribution in [0.4, 0.5) is 10.7 Å². The van der Waals surface area contributed by atoms with Crippen LogP contribution in [0.3, 0.4) is 0 Å². The first kappa shape index (κ1) is 28.9. The van der Waals surface area contributed by atoms with E-state index in [4.69, 9.17) is 13.8 Å². The van der Waals surface area contributed by atoms with Crippen LogP contribution in [-0.2, 0) is 25.5 Å². The second-order valence-corrected chi connectivity index (χ2v) is 11.0. The first-order valence-corrected chi connectivity index (χ1v) is 14.5. The Kier molecular flexibility index (Phi) is 12.3. The van der Waals surface area contributed by atoms with Gasteiger partial charge in [-0.3, -0.25) is 5.32 Å². The van der Waals surface area contributed by atoms with Crippen molar-refractivity contribution in [3.63, 3.8) is 0 Å². The number of anilines is 1. The molecule has 0 aliphatic rings. The Hall–Kier alpha value is -2.33. The van der Waals surface area contributed by atoms with Crippen LogP contribution >= 0.6 is 8.38 Å². The van der Waals surface area contributed by atoms with E-state index >= 15 is 0 Å². The molecule has 0 fully saturated rings. The van der Waals surface area contributed by atoms with Gasteiger partial charge in [-0.2, -0.15) is 4.98 Å². The van der Waals surface area contributed by atoms with Crippen molar-refractivity contribution in [3.8, 4) is 5.88 Å². The van der Waals surface area contributed by atoms with Gasteiger partial charge in [-0.15, -0.1) is 0 Å². The molecule has 0 radical (unpaired) electrons. The lowest BCUT2D eigenvalue weighted by Crippen LogP contribution is -2.35. The van der Waals surface area contributed by atoms with Gasteiger partial charge >= 0.3 is 6.03 Å². The van der Waals surface area contributed by atoms with Crippen LogP contribution in [0.1, 0.15) is 50.8 Å². The molecule has 0 unspecified atom stereocenters. The number of unbranched alkanes of at least 4 members (excludes halogenated alkanes) is 2. The van der Waals surface area contributed by atoms with Gasteiger partial charge in [-0.1, -0.05) is 44.9 Å². The Balaban J connectivity index is 2.08. The molecule has 2 rings (SSSR count). The number of carbonyl (C=O) groups is 1. The summed E-state index contributed by atoms with van der Waals surface area (Å²) in [4.78, 5) is 20.5. The van der Waals surface area contributed by atoms with Crippen molar-refractivity contribution in [1.29, 1.82) is 0 Å². The van der Waals surface area contributed by atoms with E-state index in [1.807, 2.05) is 4.72 Å². The van der Waals surface area contributed by atoms with Crippen molar-refractivity contribution in [3.05, 3.63) is 41.6 Å². The number of aromatic nitrogens is 2. The number of urea groups is 1. The quantitative estimate of drug-likeness (QED) is 0.250. The lowest BCUT2D eigenvalue weighted by molar-refractivity contribution is 0.243. The number of nitrogens with zero attached hydrogens (tertiary/aromatic N) is 2. The molecule has 12 heteroatoms. The average molecular weight is 527 g/mol. The lowest BCUT2D eigenvalue weighted by atomic mass is 10.2. The molecule has 0 atom stereocenters. The summed E-state index contributed by atoms with van der Waals surface area (Å²) in [5.74, 6) is 0.182. The molecule has 0 bridgehead atoms. The van der Waals surface area contributed by atoms with Crippen molar-refractivity contribution >= 4 is 30.4 Å². The third kappa shape index (κ3) is 10.0. The van der Waals surface area contributed by atoms with E-state index in [2.05, 4.69) is 29.1 Å². The van der Waals surface area contributed by atoms with Crippen LogP contribution in [0, 0.1) is 6.92 Å². The second kappa shape index (κ2) is 14.9. The van der Waals surface area contributed by atoms with E-state index in [1.165, 1.54) is 13.2 Å². The standard InChI is InChI=1S/C23H35N4O6PS/c1-5-7-14-32-34(33-15-8-6-2)16-13-19-11-9-10-12-20(19)35(29,30)27-23(28)26-22-24-18(3)17-21(25-22)31-4/h9-12,17H,5-8,13-16H2,1-4H3,(H2,24,25,26,27,28). The Morgan fingerprint density at radius 2 is 1.71 bits per heavy atom. The van der Waals surface area contributed by atoms with Crippen molar-refractivity contribution in [1.82, 2.24) is 14.7 Å². The van der Waals surface area contributed by atoms with Gasteiger partial charge in [-0.25, -0.2) is 22.9 Å². The predicted octanol–water partition coefficient (Wildman–Crippen LogP) is 4.79. The van der Waals surface area contributed by atoms with Gasteiger partial charge in [0.2, 0.25) is 11.8 Å². The van der Waals surface area contributed by atoms with Gasteiger partial charge in [0, 0.05) is 17.9 Å². The Morgan fingerprint density at radius 1 is 1.06 bits per heavy atom. The maximum Gasteiger partial charge on any atom is 0.335 e. The minimum Gasteiger partial charge on any atom is -0.481 e. The summed E-state index contributed by atoms with van der Waals surface area (Å²) in [7, 11) is -3.85. The van der Waals surface area contributed by atoms with Crippen LogP contribution < -0.4 is 14.8 Å². The highest BCUT2D eigenvalue weighted by Gasteiger charge is 2.22. The monoisotopic (exact) mass is 526 g/mol. The SMILES string of the molecule is CCCCOP(CCc1ccccc1S(=O)(=O)NC(=O)Nc1nc(C)cc(OC)n1)OCCCC. The number of ether oxygens (including phenoxy) is 1. The number of hydrogen-bond donors (Lipinski definition) is 2. The number of amides is 2. The fourth-order valence-corrected chi connectivity index (χ4v) is 5.58. The Morgan fingerprint density at radius 3 is 2.34 bits per heavy atom. The number of hydrogen-bond acceptors (Lipinski definition) is 8. The molecule has 2 aromatic rings. The van der Waals surface area contributed by atoms with Gasteiger partial charge in [0.25, 0.3) is 10.0 Å². The Labute approximate surface area is 209 Å². The van der Waals surface area contributed by atoms with Crippen LogP contribution in [-0.4, -0.2) is 50.9 Å². The molecule has 0 aliphatic heterocycles. The predicted molar refractivity (Wildman–Crippen MR) is 136 cm³/mol. The highest BCUT2D eigenvalue weighted by molar-refractivity contribution is 7.90. The summed E-state index contributed by atoms with van der Waals surface area (Å²) in [6.07, 6.45) is 4.91. The van der Waals surface area contributed by atoms with Gasteiger partial charge in [0.15, 0.2) is 8.38 Å². The van der Waals surface area contributed by atoms with E-state index < -0.39 is 24.4 Å². The minimum atomic E-state index is -4.15. The zero-order chi connectivity index (χ0) is 25.7. The molecule has 10 nitrogen and oxygen atoms in total. The van der Waals surface area contributed by atoms with Crippen molar-refractivity contribution in [2.75, 3.05) is 31.8 Å². The van der Waals surface area contributed by atoms with Crippen LogP contribution in [0.5, 0.6) is 5.88 Å². The van der Waals surface area contributed by atoms with Crippen LogP contribution in [0.2, 0.25) is 0 Å². The number of nitrogens with one attached hydrogen (secondary N) is 2. The third-order valence-corrected chi connectivity index (χ3v) is 7.75. The largest absolute Gasteiger partial charge is 0.481 e. The maximum absolute atomic E-state index is 13.0. The van der Waals surface area contributed by atoms with Gasteiger partial charge < -0.3 is 13.8 Å². The molecule has 1 aromatic carbocycles. The highest BCUT2D eigenvalue weighted by Crippen LogP contribution is 2.39. The van der Waals surface area contributed by atoms with E-state index in [0.29, 0.717) is 37.1 Å². The van der Waals surface area contributed by atoms with Crippen molar-refractivity contribution in [2.45, 2.75) is 57.8 Å². The first-order valence-electron chi connectivity index (χ1n) is 11.6. The zero-order valence-corrected chi connectivity index (χ0v) is 22.5. The molecule has 1 heterocycles. The molecule has 35 heavy (non-hydrogen) atoms. The molecule has 0 saturated carbocycles. The molecular weight excluding hydrogens is 491 g/mol. The van der Waals surface area contributed by atoms with E-state index in [9.17, 15) is 13.2 Å². The summed E-state index contributed by atoms with van der Waals surface area (Å²) in [6.45, 7) is 7.11. The molecule has 0 spiro atoms. The molecule has 194 valence electrons. The minimum absolute atomic E-state index is 0.0231. The number of methoxy groups -OCH3 is 1. The summed E-state index contributed by atoms with van der Waals surface area (Å²) in [5.41, 5.74) is 1.13. The molecule has 0 saturated heterocycles. The van der Waals surface area contributed by atoms with Crippen LogP contribution in [0.15, 0.2) is 35.2 Å². The fraction of sp³-hybridized carbons (Fsp3) is 0.522. The number of carbonyl (C=O) groups excluding carboxylic acids is 1. The van der Waals surface area contributed by atoms with Gasteiger partial charge in [-0.05, 0) is 37.8 Å².